The van der Waals surface area contributed by atoms with E-state index in [1.54, 1.807) is 0 Å². The van der Waals surface area contributed by atoms with Crippen LogP contribution in [0.15, 0.2) is 23.4 Å². The van der Waals surface area contributed by atoms with Gasteiger partial charge in [0.1, 0.15) is 10.9 Å². The first-order valence-corrected chi connectivity index (χ1v) is 6.05. The first-order valence-electron chi connectivity index (χ1n) is 4.18. The van der Waals surface area contributed by atoms with Gasteiger partial charge in [-0.3, -0.25) is 9.78 Å². The van der Waals surface area contributed by atoms with Crippen molar-refractivity contribution in [3.63, 3.8) is 0 Å². The van der Waals surface area contributed by atoms with Crippen molar-refractivity contribution < 1.29 is 18.3 Å². The minimum absolute atomic E-state index is 0.158. The van der Waals surface area contributed by atoms with Crippen molar-refractivity contribution in [2.24, 2.45) is 0 Å². The van der Waals surface area contributed by atoms with Gasteiger partial charge in [-0.15, -0.1) is 0 Å². The van der Waals surface area contributed by atoms with Crippen LogP contribution in [0.3, 0.4) is 0 Å². The lowest BCUT2D eigenvalue weighted by atomic mass is 10.4. The zero-order chi connectivity index (χ0) is 12.3. The van der Waals surface area contributed by atoms with E-state index >= 15 is 0 Å². The molecule has 0 unspecified atom stereocenters. The molecule has 0 saturated carbocycles. The predicted molar refractivity (Wildman–Crippen MR) is 56.7 cm³/mol. The number of hydrogen-bond donors (Lipinski definition) is 2. The SMILES string of the molecule is C[C@H](NS(=O)(=O)c1cncc(Cl)c1)C(=O)O. The molecule has 16 heavy (non-hydrogen) atoms. The van der Waals surface area contributed by atoms with Crippen LogP contribution in [0.2, 0.25) is 5.02 Å². The Bertz CT molecular complexity index is 503. The molecule has 0 amide bonds. The van der Waals surface area contributed by atoms with Crippen LogP contribution in [0.4, 0.5) is 0 Å². The van der Waals surface area contributed by atoms with Crippen LogP contribution in [0.1, 0.15) is 6.92 Å². The molecule has 6 nitrogen and oxygen atoms in total. The van der Waals surface area contributed by atoms with E-state index in [-0.39, 0.29) is 9.92 Å². The van der Waals surface area contributed by atoms with Gasteiger partial charge in [-0.05, 0) is 13.0 Å². The molecule has 1 atom stereocenters. The molecule has 1 aromatic heterocycles. The normalized spacial score (nSPS) is 13.4. The molecule has 1 heterocycles. The van der Waals surface area contributed by atoms with E-state index in [1.807, 2.05) is 4.72 Å². The lowest BCUT2D eigenvalue weighted by Crippen LogP contribution is -2.38. The lowest BCUT2D eigenvalue weighted by molar-refractivity contribution is -0.138. The van der Waals surface area contributed by atoms with Gasteiger partial charge in [0.2, 0.25) is 10.0 Å². The molecule has 1 rings (SSSR count). The molecule has 0 spiro atoms. The molecule has 8 heteroatoms. The van der Waals surface area contributed by atoms with E-state index in [9.17, 15) is 13.2 Å². The quantitative estimate of drug-likeness (QED) is 0.825. The number of hydrogen-bond acceptors (Lipinski definition) is 4. The Balaban J connectivity index is 2.99. The summed E-state index contributed by atoms with van der Waals surface area (Å²) in [6, 6.07) is -0.0326. The van der Waals surface area contributed by atoms with E-state index in [1.165, 1.54) is 19.2 Å². The van der Waals surface area contributed by atoms with Gasteiger partial charge in [0.15, 0.2) is 0 Å². The monoisotopic (exact) mass is 264 g/mol. The topological polar surface area (TPSA) is 96.4 Å². The van der Waals surface area contributed by atoms with E-state index in [4.69, 9.17) is 16.7 Å². The number of nitrogens with one attached hydrogen (secondary N) is 1. The maximum atomic E-state index is 11.6. The smallest absolute Gasteiger partial charge is 0.321 e. The zero-order valence-electron chi connectivity index (χ0n) is 8.21. The van der Waals surface area contributed by atoms with Crippen LogP contribution in [0.25, 0.3) is 0 Å². The zero-order valence-corrected chi connectivity index (χ0v) is 9.79. The first-order chi connectivity index (χ1) is 7.33. The highest BCUT2D eigenvalue weighted by Gasteiger charge is 2.21. The van der Waals surface area contributed by atoms with Crippen molar-refractivity contribution >= 4 is 27.6 Å². The van der Waals surface area contributed by atoms with Crippen molar-refractivity contribution in [2.75, 3.05) is 0 Å². The molecule has 88 valence electrons. The minimum atomic E-state index is -3.90. The van der Waals surface area contributed by atoms with Gasteiger partial charge in [0.05, 0.1) is 5.02 Å². The van der Waals surface area contributed by atoms with Crippen molar-refractivity contribution in [2.45, 2.75) is 17.9 Å². The van der Waals surface area contributed by atoms with Crippen molar-refractivity contribution in [3.05, 3.63) is 23.5 Å². The fraction of sp³-hybridized carbons (Fsp3) is 0.250. The standard InChI is InChI=1S/C8H9ClN2O4S/c1-5(8(12)13)11-16(14,15)7-2-6(9)3-10-4-7/h2-5,11H,1H3,(H,12,13)/t5-/m0/s1. The second kappa shape index (κ2) is 4.77. The van der Waals surface area contributed by atoms with Gasteiger partial charge in [0.25, 0.3) is 0 Å². The predicted octanol–water partition coefficient (Wildman–Crippen LogP) is 0.486. The summed E-state index contributed by atoms with van der Waals surface area (Å²) in [6.45, 7) is 1.22. The largest absolute Gasteiger partial charge is 0.480 e. The maximum absolute atomic E-state index is 11.6. The third-order valence-corrected chi connectivity index (χ3v) is 3.41. The summed E-state index contributed by atoms with van der Waals surface area (Å²) < 4.78 is 25.2. The average Bonchev–Trinajstić information content (AvgIpc) is 2.17. The summed E-state index contributed by atoms with van der Waals surface area (Å²) in [6.07, 6.45) is 2.37. The second-order valence-electron chi connectivity index (χ2n) is 3.02. The van der Waals surface area contributed by atoms with Gasteiger partial charge in [-0.1, -0.05) is 11.6 Å². The Kier molecular flexibility index (Phi) is 3.84. The van der Waals surface area contributed by atoms with Crippen molar-refractivity contribution in [3.8, 4) is 0 Å². The Hall–Kier alpha value is -1.18. The lowest BCUT2D eigenvalue weighted by Gasteiger charge is -2.09. The number of carbonyl (C=O) groups is 1. The highest BCUT2D eigenvalue weighted by atomic mass is 35.5. The molecule has 0 fully saturated rings. The average molecular weight is 265 g/mol. The van der Waals surface area contributed by atoms with E-state index in [0.717, 1.165) is 6.20 Å². The molecule has 0 aliphatic carbocycles. The third kappa shape index (κ3) is 3.16. The number of aliphatic carboxylic acids is 1. The van der Waals surface area contributed by atoms with Crippen molar-refractivity contribution in [1.29, 1.82) is 0 Å². The Morgan fingerprint density at radius 1 is 1.56 bits per heavy atom. The highest BCUT2D eigenvalue weighted by molar-refractivity contribution is 7.89. The fourth-order valence-corrected chi connectivity index (χ4v) is 2.31. The Morgan fingerprint density at radius 3 is 2.69 bits per heavy atom. The molecule has 2 N–H and O–H groups in total. The summed E-state index contributed by atoms with van der Waals surface area (Å²) >= 11 is 5.58. The van der Waals surface area contributed by atoms with Crippen LogP contribution < -0.4 is 4.72 Å². The molecule has 0 aliphatic heterocycles. The minimum Gasteiger partial charge on any atom is -0.480 e. The molecule has 0 bridgehead atoms. The van der Waals surface area contributed by atoms with Crippen LogP contribution in [-0.2, 0) is 14.8 Å². The number of rotatable bonds is 4. The third-order valence-electron chi connectivity index (χ3n) is 1.69. The van der Waals surface area contributed by atoms with Crippen LogP contribution >= 0.6 is 11.6 Å². The van der Waals surface area contributed by atoms with E-state index in [2.05, 4.69) is 4.98 Å². The fourth-order valence-electron chi connectivity index (χ4n) is 0.891. The number of carboxylic acid groups (broad SMARTS) is 1. The summed E-state index contributed by atoms with van der Waals surface area (Å²) in [5.74, 6) is -1.27. The first kappa shape index (κ1) is 12.9. The van der Waals surface area contributed by atoms with Gasteiger partial charge in [-0.25, -0.2) is 8.42 Å². The number of aromatic nitrogens is 1. The maximum Gasteiger partial charge on any atom is 0.321 e. The molecule has 0 saturated heterocycles. The van der Waals surface area contributed by atoms with Crippen LogP contribution in [0.5, 0.6) is 0 Å². The van der Waals surface area contributed by atoms with Gasteiger partial charge in [-0.2, -0.15) is 4.72 Å². The number of carboxylic acids is 1. The molecule has 0 aromatic carbocycles. The molecule has 0 aliphatic rings. The number of pyridine rings is 1. The molecule has 0 radical (unpaired) electrons. The Labute approximate surface area is 97.3 Å². The van der Waals surface area contributed by atoms with E-state index < -0.39 is 22.0 Å². The highest BCUT2D eigenvalue weighted by Crippen LogP contribution is 2.13. The summed E-state index contributed by atoms with van der Waals surface area (Å²) in [5, 5.41) is 8.74. The summed E-state index contributed by atoms with van der Waals surface area (Å²) in [4.78, 5) is 13.9. The molecule has 1 aromatic rings. The van der Waals surface area contributed by atoms with Crippen LogP contribution in [-0.4, -0.2) is 30.5 Å². The second-order valence-corrected chi connectivity index (χ2v) is 5.17. The molecular weight excluding hydrogens is 256 g/mol. The van der Waals surface area contributed by atoms with E-state index in [0.29, 0.717) is 0 Å². The number of sulfonamides is 1. The van der Waals surface area contributed by atoms with Crippen molar-refractivity contribution in [1.82, 2.24) is 9.71 Å². The Morgan fingerprint density at radius 2 is 2.19 bits per heavy atom. The molecular formula is C8H9ClN2O4S. The number of halogens is 1. The van der Waals surface area contributed by atoms with Gasteiger partial charge < -0.3 is 5.11 Å². The summed E-state index contributed by atoms with van der Waals surface area (Å²) in [5.41, 5.74) is 0. The van der Waals surface area contributed by atoms with Crippen LogP contribution in [0, 0.1) is 0 Å². The van der Waals surface area contributed by atoms with Gasteiger partial charge >= 0.3 is 5.97 Å². The number of nitrogens with zero attached hydrogens (tertiary/aromatic N) is 1. The summed E-state index contributed by atoms with van der Waals surface area (Å²) in [7, 11) is -3.90. The van der Waals surface area contributed by atoms with Gasteiger partial charge in [0, 0.05) is 12.4 Å².